The minimum absolute atomic E-state index is 0.0673. The molecule has 0 saturated carbocycles. The molecular weight excluding hydrogens is 467 g/mol. The molecule has 190 valence electrons. The molecule has 0 spiro atoms. The molecule has 10 heteroatoms. The molecule has 1 fully saturated rings. The minimum Gasteiger partial charge on any atom is -0.476 e. The first-order valence-corrected chi connectivity index (χ1v) is 11.5. The summed E-state index contributed by atoms with van der Waals surface area (Å²) in [5, 5.41) is 11.9. The van der Waals surface area contributed by atoms with E-state index in [9.17, 15) is 23.9 Å². The van der Waals surface area contributed by atoms with Crippen molar-refractivity contribution in [2.45, 2.75) is 32.9 Å². The number of ether oxygens (including phenoxy) is 1. The zero-order valence-electron chi connectivity index (χ0n) is 20.5. The molecule has 1 aliphatic rings. The highest BCUT2D eigenvalue weighted by Crippen LogP contribution is 2.14. The number of carboxylic acids is 1. The van der Waals surface area contributed by atoms with Gasteiger partial charge >= 0.3 is 12.1 Å². The van der Waals surface area contributed by atoms with Crippen LogP contribution in [0.2, 0.25) is 0 Å². The van der Waals surface area contributed by atoms with E-state index >= 15 is 0 Å². The number of aromatic carboxylic acids is 1. The lowest BCUT2D eigenvalue weighted by atomic mass is 10.1. The molecule has 0 radical (unpaired) electrons. The number of rotatable bonds is 5. The van der Waals surface area contributed by atoms with Crippen LogP contribution in [0.25, 0.3) is 0 Å². The van der Waals surface area contributed by atoms with E-state index < -0.39 is 17.7 Å². The Hall–Kier alpha value is -3.97. The van der Waals surface area contributed by atoms with Crippen LogP contribution >= 0.6 is 0 Å². The van der Waals surface area contributed by atoms with Crippen molar-refractivity contribution in [1.29, 1.82) is 0 Å². The van der Waals surface area contributed by atoms with E-state index in [4.69, 9.17) is 4.74 Å². The van der Waals surface area contributed by atoms with Crippen LogP contribution in [0.1, 0.15) is 52.7 Å². The molecular formula is C26H29FN4O5. The highest BCUT2D eigenvalue weighted by atomic mass is 19.1. The van der Waals surface area contributed by atoms with Crippen molar-refractivity contribution in [1.82, 2.24) is 20.1 Å². The lowest BCUT2D eigenvalue weighted by Crippen LogP contribution is -2.48. The third-order valence-corrected chi connectivity index (χ3v) is 5.26. The first-order valence-electron chi connectivity index (χ1n) is 11.5. The van der Waals surface area contributed by atoms with E-state index in [1.807, 2.05) is 0 Å². The molecule has 0 aliphatic carbocycles. The van der Waals surface area contributed by atoms with Crippen molar-refractivity contribution in [2.24, 2.45) is 0 Å². The average Bonchev–Trinajstić information content (AvgIpc) is 2.82. The van der Waals surface area contributed by atoms with Crippen molar-refractivity contribution >= 4 is 18.0 Å². The van der Waals surface area contributed by atoms with Gasteiger partial charge in [0, 0.05) is 38.9 Å². The second-order valence-corrected chi connectivity index (χ2v) is 9.28. The topological polar surface area (TPSA) is 112 Å². The van der Waals surface area contributed by atoms with Crippen LogP contribution in [0.4, 0.5) is 9.18 Å². The highest BCUT2D eigenvalue weighted by molar-refractivity contribution is 5.96. The number of nitrogens with zero attached hydrogens (tertiary/aromatic N) is 3. The van der Waals surface area contributed by atoms with Crippen molar-refractivity contribution in [3.63, 3.8) is 0 Å². The molecule has 36 heavy (non-hydrogen) atoms. The second-order valence-electron chi connectivity index (χ2n) is 9.28. The van der Waals surface area contributed by atoms with Crippen molar-refractivity contribution in [2.75, 3.05) is 32.7 Å². The number of aromatic nitrogens is 1. The van der Waals surface area contributed by atoms with Gasteiger partial charge < -0.3 is 20.1 Å². The number of hydrogen-bond acceptors (Lipinski definition) is 6. The Balaban J connectivity index is 1.62. The smallest absolute Gasteiger partial charge is 0.408 e. The Morgan fingerprint density at radius 1 is 1.14 bits per heavy atom. The van der Waals surface area contributed by atoms with Gasteiger partial charge in [-0.1, -0.05) is 24.0 Å². The van der Waals surface area contributed by atoms with Gasteiger partial charge in [-0.05, 0) is 44.5 Å². The van der Waals surface area contributed by atoms with Crippen molar-refractivity contribution < 1.29 is 28.6 Å². The maximum absolute atomic E-state index is 13.1. The van der Waals surface area contributed by atoms with Crippen LogP contribution in [0.3, 0.4) is 0 Å². The molecule has 2 amide bonds. The molecule has 2 aromatic rings. The van der Waals surface area contributed by atoms with Gasteiger partial charge in [-0.2, -0.15) is 0 Å². The largest absolute Gasteiger partial charge is 0.476 e. The molecule has 3 rings (SSSR count). The maximum atomic E-state index is 13.1. The standard InChI is InChI=1S/C26H29FN4O5/c1-26(2,3)36-25(35)28-10-4-5-19-15-20(16-29-22(19)24(33)34)23(32)31-13-11-30(12-14-31)17-18-6-8-21(27)9-7-18/h6-9,15-16H,10-14,17H2,1-3H3,(H,28,35)(H,33,34). The summed E-state index contributed by atoms with van der Waals surface area (Å²) < 4.78 is 18.2. The van der Waals surface area contributed by atoms with Crippen LogP contribution in [0.5, 0.6) is 0 Å². The number of hydrogen-bond donors (Lipinski definition) is 2. The molecule has 1 aromatic heterocycles. The second kappa shape index (κ2) is 11.6. The summed E-state index contributed by atoms with van der Waals surface area (Å²) in [5.41, 5.74) is 0.374. The number of halogens is 1. The summed E-state index contributed by atoms with van der Waals surface area (Å²) in [6.07, 6.45) is 0.594. The van der Waals surface area contributed by atoms with Gasteiger partial charge in [0.25, 0.3) is 5.91 Å². The summed E-state index contributed by atoms with van der Waals surface area (Å²) in [6.45, 7) is 8.06. The first kappa shape index (κ1) is 26.6. The Morgan fingerprint density at radius 3 is 2.42 bits per heavy atom. The predicted molar refractivity (Wildman–Crippen MR) is 130 cm³/mol. The molecule has 0 atom stereocenters. The number of pyridine rings is 1. The number of carboxylic acid groups (broad SMARTS) is 1. The number of carbonyl (C=O) groups excluding carboxylic acids is 2. The number of amides is 2. The van der Waals surface area contributed by atoms with Crippen LogP contribution in [-0.2, 0) is 11.3 Å². The van der Waals surface area contributed by atoms with E-state index in [0.717, 1.165) is 5.56 Å². The molecule has 1 saturated heterocycles. The monoisotopic (exact) mass is 496 g/mol. The molecule has 9 nitrogen and oxygen atoms in total. The molecule has 1 aromatic carbocycles. The summed E-state index contributed by atoms with van der Waals surface area (Å²) in [5.74, 6) is 3.54. The zero-order valence-corrected chi connectivity index (χ0v) is 20.5. The van der Waals surface area contributed by atoms with Crippen LogP contribution < -0.4 is 5.32 Å². The Kier molecular flexibility index (Phi) is 8.61. The Morgan fingerprint density at radius 2 is 1.81 bits per heavy atom. The maximum Gasteiger partial charge on any atom is 0.408 e. The van der Waals surface area contributed by atoms with Gasteiger partial charge in [0.15, 0.2) is 5.69 Å². The summed E-state index contributed by atoms with van der Waals surface area (Å²) in [6, 6.07) is 7.75. The SMILES string of the molecule is CC(C)(C)OC(=O)NCC#Cc1cc(C(=O)N2CCN(Cc3ccc(F)cc3)CC2)cnc1C(=O)O. The fraction of sp³-hybridized carbons (Fsp3) is 0.385. The van der Waals surface area contributed by atoms with Gasteiger partial charge in [-0.15, -0.1) is 0 Å². The van der Waals surface area contributed by atoms with E-state index in [2.05, 4.69) is 27.0 Å². The number of alkyl carbamates (subject to hydrolysis) is 1. The van der Waals surface area contributed by atoms with E-state index in [1.54, 1.807) is 37.8 Å². The Labute approximate surface area is 209 Å². The van der Waals surface area contributed by atoms with Gasteiger partial charge in [0.1, 0.15) is 11.4 Å². The van der Waals surface area contributed by atoms with Crippen molar-refractivity contribution in [3.8, 4) is 11.8 Å². The third kappa shape index (κ3) is 7.78. The summed E-state index contributed by atoms with van der Waals surface area (Å²) in [4.78, 5) is 44.1. The first-order chi connectivity index (χ1) is 17.0. The molecule has 2 N–H and O–H groups in total. The van der Waals surface area contributed by atoms with Crippen molar-refractivity contribution in [3.05, 3.63) is 64.7 Å². The normalized spacial score (nSPS) is 13.9. The van der Waals surface area contributed by atoms with Gasteiger partial charge in [-0.3, -0.25) is 9.69 Å². The average molecular weight is 497 g/mol. The lowest BCUT2D eigenvalue weighted by Gasteiger charge is -2.34. The van der Waals surface area contributed by atoms with E-state index in [1.165, 1.54) is 24.4 Å². The fourth-order valence-corrected chi connectivity index (χ4v) is 3.56. The molecule has 0 bridgehead atoms. The number of carbonyl (C=O) groups is 3. The minimum atomic E-state index is -1.27. The van der Waals surface area contributed by atoms with Crippen LogP contribution in [-0.4, -0.2) is 76.2 Å². The zero-order chi connectivity index (χ0) is 26.3. The van der Waals surface area contributed by atoms with E-state index in [0.29, 0.717) is 32.7 Å². The van der Waals surface area contributed by atoms with Gasteiger partial charge in [0.2, 0.25) is 0 Å². The van der Waals surface area contributed by atoms with Crippen LogP contribution in [0.15, 0.2) is 36.5 Å². The lowest BCUT2D eigenvalue weighted by molar-refractivity contribution is 0.0533. The molecule has 2 heterocycles. The fourth-order valence-electron chi connectivity index (χ4n) is 3.56. The quantitative estimate of drug-likeness (QED) is 0.612. The van der Waals surface area contributed by atoms with E-state index in [-0.39, 0.29) is 35.1 Å². The number of piperazine rings is 1. The highest BCUT2D eigenvalue weighted by Gasteiger charge is 2.24. The van der Waals surface area contributed by atoms with Gasteiger partial charge in [-0.25, -0.2) is 19.0 Å². The van der Waals surface area contributed by atoms with Crippen LogP contribution in [0, 0.1) is 17.7 Å². The predicted octanol–water partition coefficient (Wildman–Crippen LogP) is 2.75. The summed E-state index contributed by atoms with van der Waals surface area (Å²) >= 11 is 0. The third-order valence-electron chi connectivity index (χ3n) is 5.26. The Bertz CT molecular complexity index is 1170. The molecule has 0 unspecified atom stereocenters. The number of benzene rings is 1. The molecule has 1 aliphatic heterocycles. The van der Waals surface area contributed by atoms with Gasteiger partial charge in [0.05, 0.1) is 17.7 Å². The number of nitrogens with one attached hydrogen (secondary N) is 1. The summed E-state index contributed by atoms with van der Waals surface area (Å²) in [7, 11) is 0.